The van der Waals surface area contributed by atoms with Crippen LogP contribution in [0, 0.1) is 13.8 Å². The summed E-state index contributed by atoms with van der Waals surface area (Å²) < 4.78 is 23.8. The Hall–Kier alpha value is -2.32. The number of fused-ring (bicyclic) bond motifs is 1. The monoisotopic (exact) mass is 429 g/mol. The van der Waals surface area contributed by atoms with Crippen molar-refractivity contribution in [2.75, 3.05) is 28.3 Å². The van der Waals surface area contributed by atoms with Gasteiger partial charge in [-0.25, -0.2) is 8.42 Å². The lowest BCUT2D eigenvalue weighted by Crippen LogP contribution is -2.36. The number of sulfone groups is 1. The van der Waals surface area contributed by atoms with Gasteiger partial charge in [0.2, 0.25) is 5.91 Å². The Balaban J connectivity index is 1.61. The number of para-hydroxylation sites is 1. The van der Waals surface area contributed by atoms with Crippen molar-refractivity contribution in [2.45, 2.75) is 25.1 Å². The fraction of sp³-hybridized carbons (Fsp3) is 0.333. The van der Waals surface area contributed by atoms with E-state index < -0.39 is 9.84 Å². The second-order valence-corrected chi connectivity index (χ2v) is 10.9. The minimum absolute atomic E-state index is 0.0689. The van der Waals surface area contributed by atoms with Crippen LogP contribution in [0.2, 0.25) is 0 Å². The SMILES string of the molecule is Cc1cc(C)cc(N(CC(=O)Nc2ccccc2)C2=N[C@@H]3CS(=O)(=O)C[C@H]3S2)c1. The van der Waals surface area contributed by atoms with Gasteiger partial charge in [-0.15, -0.1) is 0 Å². The lowest BCUT2D eigenvalue weighted by atomic mass is 10.1. The minimum Gasteiger partial charge on any atom is -0.325 e. The van der Waals surface area contributed by atoms with E-state index in [0.29, 0.717) is 5.17 Å². The summed E-state index contributed by atoms with van der Waals surface area (Å²) in [5.41, 5.74) is 3.82. The van der Waals surface area contributed by atoms with E-state index >= 15 is 0 Å². The van der Waals surface area contributed by atoms with Crippen molar-refractivity contribution in [2.24, 2.45) is 4.99 Å². The maximum absolute atomic E-state index is 12.8. The van der Waals surface area contributed by atoms with Gasteiger partial charge in [0.15, 0.2) is 15.0 Å². The molecular weight excluding hydrogens is 406 g/mol. The first kappa shape index (κ1) is 20.0. The summed E-state index contributed by atoms with van der Waals surface area (Å²) in [6.07, 6.45) is 0. The van der Waals surface area contributed by atoms with Gasteiger partial charge in [0.1, 0.15) is 6.54 Å². The zero-order valence-electron chi connectivity index (χ0n) is 16.3. The predicted molar refractivity (Wildman–Crippen MR) is 120 cm³/mol. The fourth-order valence-corrected chi connectivity index (χ4v) is 7.49. The number of benzene rings is 2. The molecule has 2 heterocycles. The van der Waals surface area contributed by atoms with Crippen LogP contribution in [0.15, 0.2) is 53.5 Å². The summed E-state index contributed by atoms with van der Waals surface area (Å²) in [6.45, 7) is 4.14. The number of aliphatic imine (C=N–C) groups is 1. The Morgan fingerprint density at radius 2 is 1.83 bits per heavy atom. The highest BCUT2D eigenvalue weighted by Crippen LogP contribution is 2.37. The number of rotatable bonds is 4. The van der Waals surface area contributed by atoms with Crippen molar-refractivity contribution < 1.29 is 13.2 Å². The third-order valence-corrected chi connectivity index (χ3v) is 8.16. The Morgan fingerprint density at radius 1 is 1.14 bits per heavy atom. The van der Waals surface area contributed by atoms with E-state index in [-0.39, 0.29) is 35.2 Å². The molecule has 0 aliphatic carbocycles. The number of carbonyl (C=O) groups is 1. The number of hydrogen-bond donors (Lipinski definition) is 1. The van der Waals surface area contributed by atoms with Crippen LogP contribution >= 0.6 is 11.8 Å². The third-order valence-electron chi connectivity index (χ3n) is 4.91. The minimum atomic E-state index is -3.02. The van der Waals surface area contributed by atoms with Gasteiger partial charge in [0.25, 0.3) is 0 Å². The van der Waals surface area contributed by atoms with Gasteiger partial charge >= 0.3 is 0 Å². The summed E-state index contributed by atoms with van der Waals surface area (Å²) in [6, 6.07) is 15.2. The number of thioether (sulfide) groups is 1. The zero-order chi connectivity index (χ0) is 20.6. The van der Waals surface area contributed by atoms with Crippen molar-refractivity contribution in [3.8, 4) is 0 Å². The number of nitrogens with zero attached hydrogens (tertiary/aromatic N) is 2. The van der Waals surface area contributed by atoms with E-state index in [2.05, 4.69) is 16.4 Å². The maximum atomic E-state index is 12.8. The van der Waals surface area contributed by atoms with Crippen LogP contribution in [0.5, 0.6) is 0 Å². The van der Waals surface area contributed by atoms with E-state index in [1.807, 2.05) is 61.2 Å². The van der Waals surface area contributed by atoms with Gasteiger partial charge < -0.3 is 10.2 Å². The molecule has 0 aromatic heterocycles. The molecule has 1 amide bonds. The molecule has 4 rings (SSSR count). The number of aryl methyl sites for hydroxylation is 2. The molecule has 0 bridgehead atoms. The van der Waals surface area contributed by atoms with Gasteiger partial charge in [0, 0.05) is 16.6 Å². The number of amidine groups is 1. The van der Waals surface area contributed by atoms with E-state index in [1.54, 1.807) is 0 Å². The molecular formula is C21H23N3O3S2. The van der Waals surface area contributed by atoms with Crippen molar-refractivity contribution in [3.05, 3.63) is 59.7 Å². The summed E-state index contributed by atoms with van der Waals surface area (Å²) in [5, 5.41) is 3.56. The van der Waals surface area contributed by atoms with E-state index in [9.17, 15) is 13.2 Å². The van der Waals surface area contributed by atoms with Crippen molar-refractivity contribution in [3.63, 3.8) is 0 Å². The molecule has 152 valence electrons. The van der Waals surface area contributed by atoms with Crippen LogP contribution in [-0.2, 0) is 14.6 Å². The molecule has 2 aliphatic heterocycles. The van der Waals surface area contributed by atoms with Crippen molar-refractivity contribution >= 4 is 44.0 Å². The quantitative estimate of drug-likeness (QED) is 0.808. The average molecular weight is 430 g/mol. The Kier molecular flexibility index (Phi) is 5.40. The molecule has 2 aromatic rings. The molecule has 2 aliphatic rings. The van der Waals surface area contributed by atoms with Gasteiger partial charge in [-0.2, -0.15) is 0 Å². The molecule has 0 spiro atoms. The van der Waals surface area contributed by atoms with Crippen LogP contribution < -0.4 is 10.2 Å². The van der Waals surface area contributed by atoms with E-state index in [0.717, 1.165) is 22.5 Å². The molecule has 1 N–H and O–H groups in total. The summed E-state index contributed by atoms with van der Waals surface area (Å²) in [7, 11) is -3.02. The Labute approximate surface area is 175 Å². The normalized spacial score (nSPS) is 22.1. The highest BCUT2D eigenvalue weighted by molar-refractivity contribution is 8.15. The van der Waals surface area contributed by atoms with Crippen LogP contribution in [0.4, 0.5) is 11.4 Å². The first-order chi connectivity index (χ1) is 13.8. The van der Waals surface area contributed by atoms with Crippen LogP contribution in [-0.4, -0.2) is 48.8 Å². The molecule has 0 saturated carbocycles. The average Bonchev–Trinajstić information content (AvgIpc) is 3.13. The lowest BCUT2D eigenvalue weighted by Gasteiger charge is -2.25. The topological polar surface area (TPSA) is 78.8 Å². The fourth-order valence-electron chi connectivity index (χ4n) is 3.71. The first-order valence-electron chi connectivity index (χ1n) is 9.45. The number of hydrogen-bond acceptors (Lipinski definition) is 6. The predicted octanol–water partition coefficient (Wildman–Crippen LogP) is 3.02. The zero-order valence-corrected chi connectivity index (χ0v) is 18.0. The molecule has 1 fully saturated rings. The highest BCUT2D eigenvalue weighted by atomic mass is 32.2. The third kappa shape index (κ3) is 4.64. The van der Waals surface area contributed by atoms with Crippen LogP contribution in [0.1, 0.15) is 11.1 Å². The molecule has 0 unspecified atom stereocenters. The highest BCUT2D eigenvalue weighted by Gasteiger charge is 2.44. The number of nitrogens with one attached hydrogen (secondary N) is 1. The standard InChI is InChI=1S/C21H23N3O3S2/c1-14-8-15(2)10-17(9-14)24(11-20(25)22-16-6-4-3-5-7-16)21-23-18-12-29(26,27)13-19(18)28-21/h3-10,18-19H,11-13H2,1-2H3,(H,22,25)/t18-,19-/m1/s1. The molecule has 1 saturated heterocycles. The van der Waals surface area contributed by atoms with Crippen molar-refractivity contribution in [1.29, 1.82) is 0 Å². The molecule has 2 atom stereocenters. The molecule has 29 heavy (non-hydrogen) atoms. The number of carbonyl (C=O) groups excluding carboxylic acids is 1. The molecule has 2 aromatic carbocycles. The largest absolute Gasteiger partial charge is 0.325 e. The van der Waals surface area contributed by atoms with Gasteiger partial charge in [-0.3, -0.25) is 9.79 Å². The van der Waals surface area contributed by atoms with Crippen LogP contribution in [0.25, 0.3) is 0 Å². The van der Waals surface area contributed by atoms with Gasteiger partial charge in [0.05, 0.1) is 17.5 Å². The number of amides is 1. The summed E-state index contributed by atoms with van der Waals surface area (Å²) in [4.78, 5) is 19.3. The molecule has 6 nitrogen and oxygen atoms in total. The Bertz CT molecular complexity index is 1050. The Morgan fingerprint density at radius 3 is 2.48 bits per heavy atom. The maximum Gasteiger partial charge on any atom is 0.244 e. The van der Waals surface area contributed by atoms with E-state index in [4.69, 9.17) is 0 Å². The lowest BCUT2D eigenvalue weighted by molar-refractivity contribution is -0.114. The second kappa shape index (κ2) is 7.84. The van der Waals surface area contributed by atoms with Gasteiger partial charge in [-0.05, 0) is 49.2 Å². The summed E-state index contributed by atoms with van der Waals surface area (Å²) >= 11 is 1.46. The van der Waals surface area contributed by atoms with Crippen LogP contribution in [0.3, 0.4) is 0 Å². The van der Waals surface area contributed by atoms with Crippen molar-refractivity contribution in [1.82, 2.24) is 0 Å². The number of anilines is 2. The molecule has 0 radical (unpaired) electrons. The second-order valence-electron chi connectivity index (χ2n) is 7.56. The van der Waals surface area contributed by atoms with Gasteiger partial charge in [-0.1, -0.05) is 36.0 Å². The molecule has 8 heteroatoms. The smallest absolute Gasteiger partial charge is 0.244 e. The van der Waals surface area contributed by atoms with E-state index in [1.165, 1.54) is 11.8 Å². The first-order valence-corrected chi connectivity index (χ1v) is 12.1. The summed E-state index contributed by atoms with van der Waals surface area (Å²) in [5.74, 6) is 0.0837.